The first-order valence-corrected chi connectivity index (χ1v) is 8.95. The molecule has 0 aliphatic carbocycles. The molecule has 1 fully saturated rings. The van der Waals surface area contributed by atoms with Gasteiger partial charge in [0.2, 0.25) is 5.91 Å². The van der Waals surface area contributed by atoms with Gasteiger partial charge < -0.3 is 15.0 Å². The molecular weight excluding hydrogens is 369 g/mol. The number of nitrogens with zero attached hydrogens (tertiary/aromatic N) is 2. The molecule has 0 atom stereocenters. The number of nitrogens with one attached hydrogen (secondary N) is 1. The zero-order valence-electron chi connectivity index (χ0n) is 16.1. The fraction of sp³-hybridized carbons (Fsp3) is 0.474. The van der Waals surface area contributed by atoms with Crippen molar-refractivity contribution >= 4 is 23.8 Å². The molecule has 2 rings (SSSR count). The number of hydrogen-bond acceptors (Lipinski definition) is 5. The van der Waals surface area contributed by atoms with E-state index in [1.54, 1.807) is 25.7 Å². The van der Waals surface area contributed by atoms with Gasteiger partial charge in [0.15, 0.2) is 0 Å². The molecule has 0 saturated carbocycles. The molecule has 1 heterocycles. The van der Waals surface area contributed by atoms with Crippen molar-refractivity contribution in [3.63, 3.8) is 0 Å². The van der Waals surface area contributed by atoms with Crippen LogP contribution in [0.25, 0.3) is 6.08 Å². The molecule has 28 heavy (non-hydrogen) atoms. The minimum atomic E-state index is -0.713. The van der Waals surface area contributed by atoms with E-state index < -0.39 is 28.1 Å². The van der Waals surface area contributed by atoms with Gasteiger partial charge in [-0.25, -0.2) is 9.18 Å². The highest BCUT2D eigenvalue weighted by molar-refractivity contribution is 5.92. The first-order valence-electron chi connectivity index (χ1n) is 8.95. The van der Waals surface area contributed by atoms with Crippen LogP contribution < -0.4 is 5.32 Å². The number of benzene rings is 1. The quantitative estimate of drug-likeness (QED) is 0.481. The zero-order valence-corrected chi connectivity index (χ0v) is 16.1. The highest BCUT2D eigenvalue weighted by Gasteiger charge is 2.25. The molecule has 2 amide bonds. The number of ether oxygens (including phenoxy) is 1. The number of likely N-dealkylation sites (tertiary alicyclic amines) is 1. The van der Waals surface area contributed by atoms with Crippen molar-refractivity contribution in [1.29, 1.82) is 0 Å². The number of rotatable bonds is 4. The SMILES string of the molecule is CC(C)(C)OC(=O)NC1CCN(C(=O)C=Cc2ccc(F)cc2[N+](=O)[O-])CC1. The Morgan fingerprint density at radius 3 is 2.54 bits per heavy atom. The fourth-order valence-electron chi connectivity index (χ4n) is 2.80. The van der Waals surface area contributed by atoms with Crippen LogP contribution in [-0.2, 0) is 9.53 Å². The van der Waals surface area contributed by atoms with Gasteiger partial charge in [-0.2, -0.15) is 0 Å². The van der Waals surface area contributed by atoms with Crippen LogP contribution in [0.15, 0.2) is 24.3 Å². The molecular formula is C19H24FN3O5. The third kappa shape index (κ3) is 6.33. The number of halogens is 1. The van der Waals surface area contributed by atoms with Crippen molar-refractivity contribution in [3.05, 3.63) is 45.8 Å². The van der Waals surface area contributed by atoms with Crippen LogP contribution >= 0.6 is 0 Å². The monoisotopic (exact) mass is 393 g/mol. The number of hydrogen-bond donors (Lipinski definition) is 1. The van der Waals surface area contributed by atoms with E-state index in [1.165, 1.54) is 18.2 Å². The molecule has 0 spiro atoms. The van der Waals surface area contributed by atoms with E-state index in [9.17, 15) is 24.1 Å². The largest absolute Gasteiger partial charge is 0.444 e. The van der Waals surface area contributed by atoms with E-state index in [4.69, 9.17) is 4.74 Å². The zero-order chi connectivity index (χ0) is 20.9. The summed E-state index contributed by atoms with van der Waals surface area (Å²) < 4.78 is 18.4. The molecule has 8 nitrogen and oxygen atoms in total. The fourth-order valence-corrected chi connectivity index (χ4v) is 2.80. The van der Waals surface area contributed by atoms with Crippen molar-refractivity contribution in [2.75, 3.05) is 13.1 Å². The van der Waals surface area contributed by atoms with Crippen LogP contribution in [0.2, 0.25) is 0 Å². The average Bonchev–Trinajstić information content (AvgIpc) is 2.59. The summed E-state index contributed by atoms with van der Waals surface area (Å²) in [5, 5.41) is 13.8. The highest BCUT2D eigenvalue weighted by Crippen LogP contribution is 2.21. The Morgan fingerprint density at radius 2 is 1.96 bits per heavy atom. The molecule has 1 aromatic rings. The van der Waals surface area contributed by atoms with Crippen molar-refractivity contribution in [2.45, 2.75) is 45.3 Å². The molecule has 0 aromatic heterocycles. The Hall–Kier alpha value is -2.97. The van der Waals surface area contributed by atoms with E-state index in [-0.39, 0.29) is 17.5 Å². The number of carbonyl (C=O) groups excluding carboxylic acids is 2. The van der Waals surface area contributed by atoms with E-state index in [2.05, 4.69) is 5.32 Å². The minimum absolute atomic E-state index is 0.0823. The summed E-state index contributed by atoms with van der Waals surface area (Å²) in [4.78, 5) is 36.0. The number of alkyl carbamates (subject to hydrolysis) is 1. The number of nitro groups is 1. The standard InChI is InChI=1S/C19H24FN3O5/c1-19(2,3)28-18(25)21-15-8-10-22(11-9-15)17(24)7-5-13-4-6-14(20)12-16(13)23(26)27/h4-7,12,15H,8-11H2,1-3H3,(H,21,25). The average molecular weight is 393 g/mol. The van der Waals surface area contributed by atoms with Gasteiger partial charge in [-0.05, 0) is 51.8 Å². The summed E-state index contributed by atoms with van der Waals surface area (Å²) in [6.07, 6.45) is 3.22. The van der Waals surface area contributed by atoms with E-state index in [0.717, 1.165) is 12.1 Å². The maximum atomic E-state index is 13.2. The number of piperidine rings is 1. The lowest BCUT2D eigenvalue weighted by atomic mass is 10.0. The number of amides is 2. The predicted octanol–water partition coefficient (Wildman–Crippen LogP) is 3.26. The summed E-state index contributed by atoms with van der Waals surface area (Å²) in [5.74, 6) is -1.01. The Kier molecular flexibility index (Phi) is 6.71. The predicted molar refractivity (Wildman–Crippen MR) is 101 cm³/mol. The van der Waals surface area contributed by atoms with Gasteiger partial charge in [0.1, 0.15) is 11.4 Å². The maximum Gasteiger partial charge on any atom is 0.407 e. The number of nitro benzene ring substituents is 1. The van der Waals surface area contributed by atoms with E-state index in [0.29, 0.717) is 25.9 Å². The molecule has 0 unspecified atom stereocenters. The third-order valence-corrected chi connectivity index (χ3v) is 4.12. The maximum absolute atomic E-state index is 13.2. The van der Waals surface area contributed by atoms with Crippen LogP contribution in [0, 0.1) is 15.9 Å². The third-order valence-electron chi connectivity index (χ3n) is 4.12. The number of carbonyl (C=O) groups is 2. The van der Waals surface area contributed by atoms with E-state index in [1.807, 2.05) is 0 Å². The highest BCUT2D eigenvalue weighted by atomic mass is 19.1. The normalized spacial score (nSPS) is 15.5. The van der Waals surface area contributed by atoms with Crippen molar-refractivity contribution in [1.82, 2.24) is 10.2 Å². The molecule has 1 saturated heterocycles. The Bertz CT molecular complexity index is 780. The van der Waals surface area contributed by atoms with Crippen molar-refractivity contribution < 1.29 is 23.6 Å². The lowest BCUT2D eigenvalue weighted by Crippen LogP contribution is -2.47. The molecule has 0 radical (unpaired) electrons. The second-order valence-electron chi connectivity index (χ2n) is 7.54. The second-order valence-corrected chi connectivity index (χ2v) is 7.54. The first-order chi connectivity index (χ1) is 13.0. The Morgan fingerprint density at radius 1 is 1.32 bits per heavy atom. The van der Waals surface area contributed by atoms with Crippen LogP contribution in [0.5, 0.6) is 0 Å². The lowest BCUT2D eigenvalue weighted by molar-refractivity contribution is -0.385. The summed E-state index contributed by atoms with van der Waals surface area (Å²) in [6.45, 7) is 6.23. The minimum Gasteiger partial charge on any atom is -0.444 e. The first kappa shape index (κ1) is 21.3. The van der Waals surface area contributed by atoms with Gasteiger partial charge in [0, 0.05) is 25.2 Å². The summed E-state index contributed by atoms with van der Waals surface area (Å²) in [7, 11) is 0. The summed E-state index contributed by atoms with van der Waals surface area (Å²) in [6, 6.07) is 3.10. The molecule has 1 aliphatic heterocycles. The van der Waals surface area contributed by atoms with Crippen LogP contribution in [0.1, 0.15) is 39.2 Å². The van der Waals surface area contributed by atoms with Gasteiger partial charge in [0.05, 0.1) is 16.6 Å². The van der Waals surface area contributed by atoms with Crippen molar-refractivity contribution in [3.8, 4) is 0 Å². The molecule has 9 heteroatoms. The van der Waals surface area contributed by atoms with Gasteiger partial charge in [0.25, 0.3) is 5.69 Å². The smallest absolute Gasteiger partial charge is 0.407 e. The van der Waals surface area contributed by atoms with E-state index >= 15 is 0 Å². The van der Waals surface area contributed by atoms with Crippen LogP contribution in [0.4, 0.5) is 14.9 Å². The lowest BCUT2D eigenvalue weighted by Gasteiger charge is -2.32. The second kappa shape index (κ2) is 8.81. The Labute approximate surface area is 162 Å². The van der Waals surface area contributed by atoms with Gasteiger partial charge in [-0.15, -0.1) is 0 Å². The molecule has 1 aromatic carbocycles. The van der Waals surface area contributed by atoms with Gasteiger partial charge in [-0.3, -0.25) is 14.9 Å². The van der Waals surface area contributed by atoms with Crippen LogP contribution in [-0.4, -0.2) is 46.6 Å². The van der Waals surface area contributed by atoms with Gasteiger partial charge >= 0.3 is 6.09 Å². The summed E-state index contributed by atoms with van der Waals surface area (Å²) >= 11 is 0. The summed E-state index contributed by atoms with van der Waals surface area (Å²) in [5.41, 5.74) is -0.820. The topological polar surface area (TPSA) is 102 Å². The Balaban J connectivity index is 1.90. The molecule has 0 bridgehead atoms. The van der Waals surface area contributed by atoms with Crippen LogP contribution in [0.3, 0.4) is 0 Å². The molecule has 1 N–H and O–H groups in total. The molecule has 152 valence electrons. The van der Waals surface area contributed by atoms with Gasteiger partial charge in [-0.1, -0.05) is 0 Å². The van der Waals surface area contributed by atoms with Crippen molar-refractivity contribution in [2.24, 2.45) is 0 Å². The molecule has 1 aliphatic rings.